The van der Waals surface area contributed by atoms with Crippen molar-refractivity contribution in [3.8, 4) is 6.07 Å². The molecule has 1 aliphatic heterocycles. The van der Waals surface area contributed by atoms with E-state index >= 15 is 0 Å². The third-order valence-corrected chi connectivity index (χ3v) is 4.76. The van der Waals surface area contributed by atoms with Crippen LogP contribution in [0.4, 0.5) is 29.3 Å². The van der Waals surface area contributed by atoms with E-state index in [1.165, 1.54) is 32.3 Å². The molecule has 1 N–H and O–H groups in total. The minimum atomic E-state index is -4.86. The number of anilines is 2. The van der Waals surface area contributed by atoms with Gasteiger partial charge in [0, 0.05) is 6.20 Å². The predicted molar refractivity (Wildman–Crippen MR) is 103 cm³/mol. The van der Waals surface area contributed by atoms with Gasteiger partial charge in [0.05, 0.1) is 34.8 Å². The molecule has 0 unspecified atom stereocenters. The molecule has 160 valence electrons. The lowest BCUT2D eigenvalue weighted by molar-refractivity contribution is -0.137. The molecule has 1 saturated heterocycles. The van der Waals surface area contributed by atoms with Crippen molar-refractivity contribution in [3.63, 3.8) is 0 Å². The summed E-state index contributed by atoms with van der Waals surface area (Å²) >= 11 is 0. The number of carbonyl (C=O) groups excluding carboxylic acids is 3. The standard InChI is InChI=1S/C20H16F3N5O3/c1-19(2)17(30)28(14-6-5-12(9-24)15(8-14)20(21,22)23)18(31)27(19)11-16(29)26-13-4-3-7-25-10-13/h3-8,10H,11H2,1-2H3,(H,26,29). The van der Waals surface area contributed by atoms with Crippen LogP contribution in [0.2, 0.25) is 0 Å². The fourth-order valence-electron chi connectivity index (χ4n) is 3.11. The Morgan fingerprint density at radius 3 is 2.55 bits per heavy atom. The van der Waals surface area contributed by atoms with Crippen molar-refractivity contribution < 1.29 is 27.6 Å². The van der Waals surface area contributed by atoms with E-state index < -0.39 is 47.2 Å². The number of aromatic nitrogens is 1. The average Bonchev–Trinajstić information content (AvgIpc) is 2.87. The second-order valence-electron chi connectivity index (χ2n) is 7.20. The normalized spacial score (nSPS) is 15.7. The predicted octanol–water partition coefficient (Wildman–Crippen LogP) is 3.16. The Kier molecular flexibility index (Phi) is 5.42. The summed E-state index contributed by atoms with van der Waals surface area (Å²) in [6.07, 6.45) is -1.96. The molecule has 8 nitrogen and oxygen atoms in total. The molecule has 1 aromatic carbocycles. The summed E-state index contributed by atoms with van der Waals surface area (Å²) in [6, 6.07) is 6.21. The van der Waals surface area contributed by atoms with Gasteiger partial charge in [-0.15, -0.1) is 0 Å². The summed E-state index contributed by atoms with van der Waals surface area (Å²) < 4.78 is 39.9. The number of urea groups is 1. The molecule has 0 radical (unpaired) electrons. The molecule has 0 bridgehead atoms. The van der Waals surface area contributed by atoms with Crippen molar-refractivity contribution in [3.05, 3.63) is 53.9 Å². The van der Waals surface area contributed by atoms with Crippen LogP contribution in [0.15, 0.2) is 42.7 Å². The van der Waals surface area contributed by atoms with E-state index in [0.717, 1.165) is 17.0 Å². The highest BCUT2D eigenvalue weighted by Crippen LogP contribution is 2.37. The van der Waals surface area contributed by atoms with Crippen molar-refractivity contribution in [1.29, 1.82) is 5.26 Å². The van der Waals surface area contributed by atoms with Crippen molar-refractivity contribution in [2.75, 3.05) is 16.8 Å². The van der Waals surface area contributed by atoms with E-state index in [9.17, 15) is 27.6 Å². The number of pyridine rings is 1. The molecule has 0 saturated carbocycles. The SMILES string of the molecule is CC1(C)C(=O)N(c2ccc(C#N)c(C(F)(F)F)c2)C(=O)N1CC(=O)Nc1cccnc1. The number of nitrogens with one attached hydrogen (secondary N) is 1. The second kappa shape index (κ2) is 7.71. The lowest BCUT2D eigenvalue weighted by Crippen LogP contribution is -2.47. The summed E-state index contributed by atoms with van der Waals surface area (Å²) in [4.78, 5) is 43.6. The number of nitrogens with zero attached hydrogens (tertiary/aromatic N) is 4. The van der Waals surface area contributed by atoms with E-state index in [0.29, 0.717) is 16.7 Å². The van der Waals surface area contributed by atoms with Crippen molar-refractivity contribution in [1.82, 2.24) is 9.88 Å². The molecule has 3 rings (SSSR count). The first-order valence-corrected chi connectivity index (χ1v) is 8.94. The Morgan fingerprint density at radius 2 is 1.97 bits per heavy atom. The van der Waals surface area contributed by atoms with E-state index in [1.54, 1.807) is 12.1 Å². The first-order valence-electron chi connectivity index (χ1n) is 8.94. The number of benzene rings is 1. The number of carbonyl (C=O) groups is 3. The van der Waals surface area contributed by atoms with Crippen LogP contribution in [-0.2, 0) is 15.8 Å². The van der Waals surface area contributed by atoms with E-state index in [-0.39, 0.29) is 5.69 Å². The maximum absolute atomic E-state index is 13.3. The number of imide groups is 1. The van der Waals surface area contributed by atoms with Crippen LogP contribution in [-0.4, -0.2) is 39.8 Å². The molecule has 1 fully saturated rings. The molecule has 2 heterocycles. The molecule has 0 aliphatic carbocycles. The number of rotatable bonds is 4. The number of hydrogen-bond acceptors (Lipinski definition) is 5. The molecule has 0 atom stereocenters. The van der Waals surface area contributed by atoms with Crippen molar-refractivity contribution in [2.24, 2.45) is 0 Å². The molecule has 31 heavy (non-hydrogen) atoms. The number of alkyl halides is 3. The van der Waals surface area contributed by atoms with Gasteiger partial charge in [0.1, 0.15) is 12.1 Å². The Hall–Kier alpha value is -3.94. The number of halogens is 3. The summed E-state index contributed by atoms with van der Waals surface area (Å²) in [5.74, 6) is -1.41. The summed E-state index contributed by atoms with van der Waals surface area (Å²) in [6.45, 7) is 2.27. The second-order valence-corrected chi connectivity index (χ2v) is 7.20. The van der Waals surface area contributed by atoms with Gasteiger partial charge in [-0.2, -0.15) is 18.4 Å². The Bertz CT molecular complexity index is 1090. The number of hydrogen-bond donors (Lipinski definition) is 1. The van der Waals surface area contributed by atoms with E-state index in [1.807, 2.05) is 0 Å². The molecular weight excluding hydrogens is 415 g/mol. The average molecular weight is 431 g/mol. The largest absolute Gasteiger partial charge is 0.417 e. The fourth-order valence-corrected chi connectivity index (χ4v) is 3.11. The summed E-state index contributed by atoms with van der Waals surface area (Å²) in [7, 11) is 0. The zero-order valence-electron chi connectivity index (χ0n) is 16.4. The Balaban J connectivity index is 1.91. The van der Waals surface area contributed by atoms with Gasteiger partial charge in [-0.25, -0.2) is 9.69 Å². The smallest absolute Gasteiger partial charge is 0.323 e. The zero-order chi connectivity index (χ0) is 23.0. The number of amides is 4. The first-order chi connectivity index (χ1) is 14.5. The van der Waals surface area contributed by atoms with Crippen LogP contribution in [0.25, 0.3) is 0 Å². The summed E-state index contributed by atoms with van der Waals surface area (Å²) in [5.41, 5.74) is -3.36. The van der Waals surface area contributed by atoms with Crippen LogP contribution in [0.5, 0.6) is 0 Å². The minimum absolute atomic E-state index is 0.343. The van der Waals surface area contributed by atoms with Gasteiger partial charge in [-0.3, -0.25) is 14.6 Å². The molecule has 4 amide bonds. The van der Waals surface area contributed by atoms with Crippen LogP contribution in [0.1, 0.15) is 25.0 Å². The molecule has 2 aromatic rings. The molecule has 0 spiro atoms. The maximum Gasteiger partial charge on any atom is 0.417 e. The minimum Gasteiger partial charge on any atom is -0.323 e. The van der Waals surface area contributed by atoms with Gasteiger partial charge >= 0.3 is 12.2 Å². The van der Waals surface area contributed by atoms with Crippen LogP contribution < -0.4 is 10.2 Å². The first kappa shape index (κ1) is 21.8. The maximum atomic E-state index is 13.3. The molecular formula is C20H16F3N5O3. The van der Waals surface area contributed by atoms with E-state index in [4.69, 9.17) is 5.26 Å². The third-order valence-electron chi connectivity index (χ3n) is 4.76. The van der Waals surface area contributed by atoms with Gasteiger partial charge in [-0.05, 0) is 44.2 Å². The van der Waals surface area contributed by atoms with Gasteiger partial charge in [-0.1, -0.05) is 0 Å². The molecule has 11 heteroatoms. The number of nitriles is 1. The highest BCUT2D eigenvalue weighted by molar-refractivity contribution is 6.23. The Morgan fingerprint density at radius 1 is 1.26 bits per heavy atom. The molecule has 1 aromatic heterocycles. The highest BCUT2D eigenvalue weighted by Gasteiger charge is 2.52. The van der Waals surface area contributed by atoms with Crippen LogP contribution in [0, 0.1) is 11.3 Å². The van der Waals surface area contributed by atoms with Gasteiger partial charge < -0.3 is 10.2 Å². The Labute approximate surface area is 174 Å². The molecule has 1 aliphatic rings. The lowest BCUT2D eigenvalue weighted by atomic mass is 10.0. The zero-order valence-corrected chi connectivity index (χ0v) is 16.4. The summed E-state index contributed by atoms with van der Waals surface area (Å²) in [5, 5.41) is 11.5. The topological polar surface area (TPSA) is 106 Å². The monoisotopic (exact) mass is 431 g/mol. The van der Waals surface area contributed by atoms with Gasteiger partial charge in [0.25, 0.3) is 5.91 Å². The third kappa shape index (κ3) is 4.05. The van der Waals surface area contributed by atoms with Gasteiger partial charge in [0.15, 0.2) is 0 Å². The van der Waals surface area contributed by atoms with Crippen molar-refractivity contribution in [2.45, 2.75) is 25.6 Å². The van der Waals surface area contributed by atoms with E-state index in [2.05, 4.69) is 10.3 Å². The fraction of sp³-hybridized carbons (Fsp3) is 0.250. The van der Waals surface area contributed by atoms with Gasteiger partial charge in [0.2, 0.25) is 5.91 Å². The van der Waals surface area contributed by atoms with Crippen LogP contribution >= 0.6 is 0 Å². The highest BCUT2D eigenvalue weighted by atomic mass is 19.4. The van der Waals surface area contributed by atoms with Crippen molar-refractivity contribution >= 4 is 29.2 Å². The lowest BCUT2D eigenvalue weighted by Gasteiger charge is -2.26. The van der Waals surface area contributed by atoms with Crippen LogP contribution in [0.3, 0.4) is 0 Å². The quantitative estimate of drug-likeness (QED) is 0.749.